The number of β-lactam (4-membered cyclic amide) rings is 1. The first-order valence-corrected chi connectivity index (χ1v) is 8.13. The van der Waals surface area contributed by atoms with Gasteiger partial charge in [-0.15, -0.1) is 0 Å². The van der Waals surface area contributed by atoms with Gasteiger partial charge in [-0.3, -0.25) is 0 Å². The maximum atomic E-state index is 12.3. The zero-order valence-corrected chi connectivity index (χ0v) is 13.1. The Hall–Kier alpha value is 0.340. The molecule has 2 aliphatic heterocycles. The van der Waals surface area contributed by atoms with E-state index in [1.54, 1.807) is 0 Å². The van der Waals surface area contributed by atoms with Gasteiger partial charge < -0.3 is 0 Å². The SMILES string of the molecule is CC1(C)[C@H](C(=O)O)[N+]2(Cl)C(=O)[C@@H]([Na])[C@H]2S1(=O)=O. The molecule has 9 heteroatoms. The van der Waals surface area contributed by atoms with E-state index >= 15 is 0 Å². The molecule has 0 radical (unpaired) electrons. The normalized spacial score (nSPS) is 46.2. The van der Waals surface area contributed by atoms with Crippen LogP contribution in [0.25, 0.3) is 0 Å². The predicted octanol–water partition coefficient (Wildman–Crippen LogP) is -0.559. The van der Waals surface area contributed by atoms with E-state index in [4.69, 9.17) is 16.9 Å². The second-order valence-electron chi connectivity index (χ2n) is 5.09. The van der Waals surface area contributed by atoms with E-state index in [2.05, 4.69) is 0 Å². The number of rotatable bonds is 1. The van der Waals surface area contributed by atoms with Crippen molar-refractivity contribution < 1.29 is 27.1 Å². The second-order valence-corrected chi connectivity index (χ2v) is 9.52. The number of hydrogen-bond donors (Lipinski definition) is 1. The van der Waals surface area contributed by atoms with Crippen molar-refractivity contribution in [1.82, 2.24) is 0 Å². The van der Waals surface area contributed by atoms with Crippen molar-refractivity contribution in [2.45, 2.75) is 33.2 Å². The summed E-state index contributed by atoms with van der Waals surface area (Å²) in [5.74, 6) is -1.83. The summed E-state index contributed by atoms with van der Waals surface area (Å²) in [5, 5.41) is 8.08. The average Bonchev–Trinajstić information content (AvgIpc) is 2.25. The molecule has 0 spiro atoms. The second kappa shape index (κ2) is 3.46. The Kier molecular flexibility index (Phi) is 2.80. The molecule has 0 saturated carbocycles. The first kappa shape index (κ1) is 13.8. The first-order valence-electron chi connectivity index (χ1n) is 5.09. The molecule has 2 rings (SSSR count). The van der Waals surface area contributed by atoms with Crippen molar-refractivity contribution in [3.05, 3.63) is 0 Å². The van der Waals surface area contributed by atoms with E-state index in [0.29, 0.717) is 27.9 Å². The number of quaternary nitrogens is 1. The number of carboxylic acid groups (broad SMARTS) is 1. The van der Waals surface area contributed by atoms with Crippen molar-refractivity contribution in [3.63, 3.8) is 0 Å². The molecule has 1 amide bonds. The summed E-state index contributed by atoms with van der Waals surface area (Å²) in [7, 11) is -3.73. The Bertz CT molecular complexity index is 532. The molecule has 6 nitrogen and oxygen atoms in total. The molecule has 0 aromatic heterocycles. The van der Waals surface area contributed by atoms with E-state index in [1.165, 1.54) is 13.8 Å². The average molecular weight is 291 g/mol. The molecular weight excluding hydrogens is 281 g/mol. The zero-order valence-electron chi connectivity index (χ0n) is 9.55. The molecule has 4 atom stereocenters. The number of sulfone groups is 1. The number of nitrogens with zero attached hydrogens (tertiary/aromatic N) is 1. The van der Waals surface area contributed by atoms with Crippen molar-refractivity contribution in [3.8, 4) is 0 Å². The molecule has 1 N–H and O–H groups in total. The number of hydrogen-bond acceptors (Lipinski definition) is 4. The fourth-order valence-corrected chi connectivity index (χ4v) is 8.76. The fraction of sp³-hybridized carbons (Fsp3) is 0.750. The summed E-state index contributed by atoms with van der Waals surface area (Å²) < 4.78 is 21.4. The number of carboxylic acids is 1. The maximum absolute atomic E-state index is 12.3. The number of carbonyl (C=O) groups is 2. The van der Waals surface area contributed by atoms with E-state index in [9.17, 15) is 18.0 Å². The predicted molar refractivity (Wildman–Crippen MR) is 58.8 cm³/mol. The Labute approximate surface area is 121 Å². The van der Waals surface area contributed by atoms with Crippen LogP contribution in [0.15, 0.2) is 0 Å². The number of fused-ring (bicyclic) bond motifs is 1. The van der Waals surface area contributed by atoms with Gasteiger partial charge >= 0.3 is 122 Å². The minimum atomic E-state index is -3.73. The van der Waals surface area contributed by atoms with Gasteiger partial charge in [-0.2, -0.15) is 0 Å². The van der Waals surface area contributed by atoms with Crippen LogP contribution < -0.4 is 0 Å². The van der Waals surface area contributed by atoms with Crippen LogP contribution in [0, 0.1) is 0 Å². The van der Waals surface area contributed by atoms with E-state index in [1.807, 2.05) is 0 Å². The summed E-state index contributed by atoms with van der Waals surface area (Å²) in [6.07, 6.45) is 0. The van der Waals surface area contributed by atoms with Crippen LogP contribution in [0.4, 0.5) is 0 Å². The Morgan fingerprint density at radius 1 is 1.53 bits per heavy atom. The molecule has 0 aliphatic carbocycles. The topological polar surface area (TPSA) is 88.5 Å². The van der Waals surface area contributed by atoms with Gasteiger partial charge in [0, 0.05) is 0 Å². The summed E-state index contributed by atoms with van der Waals surface area (Å²) in [6.45, 7) is 2.65. The van der Waals surface area contributed by atoms with Gasteiger partial charge in [-0.25, -0.2) is 0 Å². The van der Waals surface area contributed by atoms with Crippen LogP contribution in [0.2, 0.25) is 3.17 Å². The monoisotopic (exact) mass is 290 g/mol. The zero-order chi connectivity index (χ0) is 13.4. The third-order valence-electron chi connectivity index (χ3n) is 3.84. The standard InChI is InChI=1S/C8H9ClNO5S.Na/c1-8(2)6(7(12)13)10(9)4(11)3-5(10)16(8,14)15;/h3,5-6H,1-2H3;/p+1/t5-,6+,10?;/m1./s1. The molecule has 17 heavy (non-hydrogen) atoms. The summed E-state index contributed by atoms with van der Waals surface area (Å²) in [5.41, 5.74) is 0. The van der Waals surface area contributed by atoms with Gasteiger partial charge in [0.2, 0.25) is 0 Å². The molecule has 0 aromatic rings. The summed E-state index contributed by atoms with van der Waals surface area (Å²) in [6, 6.07) is -1.43. The Morgan fingerprint density at radius 3 is 2.41 bits per heavy atom. The summed E-state index contributed by atoms with van der Waals surface area (Å²) >= 11 is 6.39. The van der Waals surface area contributed by atoms with Gasteiger partial charge in [0.15, 0.2) is 0 Å². The van der Waals surface area contributed by atoms with Crippen molar-refractivity contribution in [1.29, 1.82) is 0 Å². The number of carbonyl (C=O) groups excluding carboxylic acids is 1. The molecule has 2 saturated heterocycles. The minimum absolute atomic E-state index is 0.360. The van der Waals surface area contributed by atoms with Gasteiger partial charge in [0.25, 0.3) is 0 Å². The summed E-state index contributed by atoms with van der Waals surface area (Å²) in [4.78, 5) is 23.0. The fourth-order valence-electron chi connectivity index (χ4n) is 2.92. The number of halogens is 1. The Balaban J connectivity index is 2.72. The molecule has 90 valence electrons. The molecule has 0 bridgehead atoms. The van der Waals surface area contributed by atoms with Gasteiger partial charge in [-0.1, -0.05) is 0 Å². The first-order chi connectivity index (χ1) is 7.50. The van der Waals surface area contributed by atoms with Crippen LogP contribution in [0.1, 0.15) is 13.8 Å². The van der Waals surface area contributed by atoms with E-state index in [0.717, 1.165) is 0 Å². The van der Waals surface area contributed by atoms with Crippen molar-refractivity contribution in [2.75, 3.05) is 0 Å². The van der Waals surface area contributed by atoms with Crippen LogP contribution in [-0.2, 0) is 19.4 Å². The van der Waals surface area contributed by atoms with Gasteiger partial charge in [0.1, 0.15) is 0 Å². The third kappa shape index (κ3) is 1.27. The molecular formula is C8H10ClNNaO5S+. The van der Waals surface area contributed by atoms with Crippen LogP contribution in [0.5, 0.6) is 0 Å². The van der Waals surface area contributed by atoms with Crippen LogP contribution >= 0.6 is 11.8 Å². The van der Waals surface area contributed by atoms with Crippen LogP contribution in [-0.4, -0.2) is 73.5 Å². The number of aliphatic carboxylic acids is 1. The Morgan fingerprint density at radius 2 is 2.00 bits per heavy atom. The van der Waals surface area contributed by atoms with Crippen LogP contribution in [0.3, 0.4) is 0 Å². The molecule has 1 unspecified atom stereocenters. The molecule has 2 heterocycles. The van der Waals surface area contributed by atoms with E-state index < -0.39 is 45.0 Å². The third-order valence-corrected chi connectivity index (χ3v) is 9.21. The van der Waals surface area contributed by atoms with E-state index in [-0.39, 0.29) is 0 Å². The van der Waals surface area contributed by atoms with Crippen molar-refractivity contribution in [2.24, 2.45) is 0 Å². The molecule has 2 aliphatic rings. The quantitative estimate of drug-likeness (QED) is 0.397. The number of amides is 1. The van der Waals surface area contributed by atoms with Gasteiger partial charge in [0.05, 0.1) is 0 Å². The van der Waals surface area contributed by atoms with Gasteiger partial charge in [-0.05, 0) is 0 Å². The molecule has 0 aromatic carbocycles. The van der Waals surface area contributed by atoms with Crippen molar-refractivity contribution >= 4 is 61.4 Å². The molecule has 2 fully saturated rings.